The van der Waals surface area contributed by atoms with E-state index in [1.807, 2.05) is 44.0 Å². The van der Waals surface area contributed by atoms with Crippen molar-refractivity contribution >= 4 is 84.4 Å². The number of anilines is 2. The first-order chi connectivity index (χ1) is 41.3. The van der Waals surface area contributed by atoms with Crippen LogP contribution in [0.5, 0.6) is 5.88 Å². The predicted octanol–water partition coefficient (Wildman–Crippen LogP) is 7.66. The van der Waals surface area contributed by atoms with E-state index in [4.69, 9.17) is 18.9 Å². The molecule has 8 rings (SSSR count). The average molecular weight is 1240 g/mol. The standard InChI is InChI=1S/C61H75N9O13S3/c1-7-70(44-17-21-80-22-18-44)51-31-43(42-10-8-9-40(28-42)34-69-19-23-81-24-20-69)30-45(38(51)4)55(72)62-32-47-36(2)27-37(3)63-58(47)83-61(79)82-25-26-84-85-35-50(60(77)78)66-53(71)15-13-49(59(75)76)67-57(74)52-14-16-54(86-52)68(6)33-41-11-12-48-46(29-41)56(73)65-39(5)64-48/h8-12,14,16,27-31,44,49-50,57,67,74H,7,13,15,17-26,32-35H2,1-6H3,(H,62,72)(H,66,71)(H,75,76)(H,77,78)(H,64,65,73). The van der Waals surface area contributed by atoms with Crippen LogP contribution in [0.2, 0.25) is 0 Å². The number of morpholine rings is 1. The number of amides is 2. The molecule has 0 bridgehead atoms. The number of aryl methyl sites for hydroxylation is 3. The van der Waals surface area contributed by atoms with Crippen molar-refractivity contribution < 1.29 is 58.2 Å². The minimum Gasteiger partial charge on any atom is -0.480 e. The van der Waals surface area contributed by atoms with Gasteiger partial charge in [0.25, 0.3) is 11.5 Å². The molecule has 3 unspecified atom stereocenters. The van der Waals surface area contributed by atoms with Crippen molar-refractivity contribution in [1.29, 1.82) is 0 Å². The van der Waals surface area contributed by atoms with Crippen LogP contribution in [0.25, 0.3) is 22.0 Å². The van der Waals surface area contributed by atoms with Gasteiger partial charge in [0, 0.05) is 111 Å². The molecule has 7 N–H and O–H groups in total. The number of carboxylic acids is 2. The number of hydrogen-bond donors (Lipinski definition) is 7. The van der Waals surface area contributed by atoms with Crippen LogP contribution >= 0.6 is 32.9 Å². The molecular weight excluding hydrogens is 1160 g/mol. The van der Waals surface area contributed by atoms with E-state index in [0.717, 1.165) is 88.3 Å². The van der Waals surface area contributed by atoms with E-state index in [-0.39, 0.29) is 60.9 Å². The number of pyridine rings is 1. The number of nitrogens with zero attached hydrogens (tertiary/aromatic N) is 5. The van der Waals surface area contributed by atoms with Crippen LogP contribution in [-0.2, 0) is 48.2 Å². The third-order valence-corrected chi connectivity index (χ3v) is 18.6. The van der Waals surface area contributed by atoms with Crippen LogP contribution in [0.3, 0.4) is 0 Å². The molecule has 3 aromatic carbocycles. The van der Waals surface area contributed by atoms with Crippen molar-refractivity contribution in [3.63, 3.8) is 0 Å². The summed E-state index contributed by atoms with van der Waals surface area (Å²) in [5, 5.41) is 40.3. The maximum atomic E-state index is 14.5. The molecule has 2 amide bonds. The highest BCUT2D eigenvalue weighted by Gasteiger charge is 2.28. The van der Waals surface area contributed by atoms with Gasteiger partial charge in [-0.1, -0.05) is 45.9 Å². The highest BCUT2D eigenvalue weighted by Crippen LogP contribution is 2.36. The number of aliphatic carboxylic acids is 2. The lowest BCUT2D eigenvalue weighted by atomic mass is 9.94. The number of benzene rings is 3. The molecule has 2 aliphatic rings. The quantitative estimate of drug-likeness (QED) is 0.0107. The topological polar surface area (TPSA) is 287 Å². The van der Waals surface area contributed by atoms with E-state index in [2.05, 4.69) is 78.0 Å². The number of rotatable bonds is 28. The first-order valence-corrected chi connectivity index (χ1v) is 31.9. The van der Waals surface area contributed by atoms with Crippen LogP contribution in [0.1, 0.15) is 93.4 Å². The van der Waals surface area contributed by atoms with Gasteiger partial charge < -0.3 is 59.7 Å². The number of aliphatic hydroxyl groups is 1. The molecule has 3 atom stereocenters. The van der Waals surface area contributed by atoms with Crippen LogP contribution in [-0.4, -0.2) is 154 Å². The lowest BCUT2D eigenvalue weighted by Crippen LogP contribution is -2.44. The van der Waals surface area contributed by atoms with Crippen molar-refractivity contribution in [1.82, 2.24) is 35.8 Å². The molecule has 0 aliphatic carbocycles. The van der Waals surface area contributed by atoms with Gasteiger partial charge in [0.15, 0.2) is 0 Å². The van der Waals surface area contributed by atoms with Gasteiger partial charge in [0.1, 0.15) is 30.7 Å². The molecular formula is C61H75N9O13S3. The largest absolute Gasteiger partial charge is 0.515 e. The molecule has 25 heteroatoms. The third kappa shape index (κ3) is 17.8. The molecule has 2 aliphatic heterocycles. The number of H-pyrrole nitrogens is 1. The van der Waals surface area contributed by atoms with Crippen LogP contribution in [0.4, 0.5) is 15.5 Å². The Labute approximate surface area is 511 Å². The highest BCUT2D eigenvalue weighted by molar-refractivity contribution is 8.76. The Morgan fingerprint density at radius 1 is 0.884 bits per heavy atom. The molecule has 0 spiro atoms. The number of aromatic amines is 1. The van der Waals surface area contributed by atoms with Gasteiger partial charge in [-0.05, 0) is 136 Å². The smallest absolute Gasteiger partial charge is 0.480 e. The molecule has 2 saturated heterocycles. The molecule has 22 nitrogen and oxygen atoms in total. The number of thiophene rings is 1. The zero-order valence-electron chi connectivity index (χ0n) is 49.1. The zero-order valence-corrected chi connectivity index (χ0v) is 51.6. The summed E-state index contributed by atoms with van der Waals surface area (Å²) in [6, 6.07) is 20.9. The number of aliphatic hydroxyl groups excluding tert-OH is 1. The Hall–Kier alpha value is -7.10. The summed E-state index contributed by atoms with van der Waals surface area (Å²) in [7, 11) is 4.17. The number of carboxylic acid groups (broad SMARTS) is 2. The number of ether oxygens (including phenoxy) is 4. The second kappa shape index (κ2) is 31.0. The third-order valence-electron chi connectivity index (χ3n) is 14.9. The summed E-state index contributed by atoms with van der Waals surface area (Å²) in [5.41, 5.74) is 8.45. The minimum atomic E-state index is -1.39. The Morgan fingerprint density at radius 2 is 1.64 bits per heavy atom. The van der Waals surface area contributed by atoms with Gasteiger partial charge in [-0.2, -0.15) is 0 Å². The average Bonchev–Trinajstić information content (AvgIpc) is 2.65. The zero-order chi connectivity index (χ0) is 61.4. The van der Waals surface area contributed by atoms with E-state index in [9.17, 15) is 44.1 Å². The number of nitrogens with one attached hydrogen (secondary N) is 4. The second-order valence-corrected chi connectivity index (χ2v) is 25.0. The molecule has 5 heterocycles. The maximum absolute atomic E-state index is 14.5. The first-order valence-electron chi connectivity index (χ1n) is 28.6. The summed E-state index contributed by atoms with van der Waals surface area (Å²) in [6.07, 6.45) is -1.26. The van der Waals surface area contributed by atoms with Crippen molar-refractivity contribution in [3.05, 3.63) is 133 Å². The predicted molar refractivity (Wildman–Crippen MR) is 333 cm³/mol. The lowest BCUT2D eigenvalue weighted by molar-refractivity contribution is -0.142. The summed E-state index contributed by atoms with van der Waals surface area (Å²) < 4.78 is 22.3. The molecule has 6 aromatic rings. The molecule has 0 radical (unpaired) electrons. The fourth-order valence-corrected chi connectivity index (χ4v) is 13.3. The van der Waals surface area contributed by atoms with E-state index >= 15 is 0 Å². The van der Waals surface area contributed by atoms with Gasteiger partial charge in [0.2, 0.25) is 11.8 Å². The minimum absolute atomic E-state index is 0.00493. The van der Waals surface area contributed by atoms with E-state index < -0.39 is 42.3 Å². The number of fused-ring (bicyclic) bond motifs is 1. The Balaban J connectivity index is 0.799. The van der Waals surface area contributed by atoms with Gasteiger partial charge in [0.05, 0.1) is 29.1 Å². The number of carbonyl (C=O) groups excluding carboxylic acids is 3. The molecule has 0 saturated carbocycles. The molecule has 3 aromatic heterocycles. The fourth-order valence-electron chi connectivity index (χ4n) is 10.4. The Morgan fingerprint density at radius 3 is 2.38 bits per heavy atom. The SMILES string of the molecule is CCN(c1cc(-c2cccc(CN3CCOCC3)c2)cc(C(=O)NCc2c(C)cc(C)nc2OC(=O)OCCSSCC(NC(=O)CCC(NC(O)c2ccc(N(C)Cc3ccc4nc(C)[nH]c(=O)c4c3)s2)C(=O)O)C(=O)O)c1C)C1CCOCC1. The number of carbonyl (C=O) groups is 5. The van der Waals surface area contributed by atoms with E-state index in [0.29, 0.717) is 71.4 Å². The number of aromatic nitrogens is 3. The Kier molecular flexibility index (Phi) is 23.4. The number of hydrogen-bond acceptors (Lipinski definition) is 20. The first kappa shape index (κ1) is 64.9. The van der Waals surface area contributed by atoms with Crippen LogP contribution in [0, 0.1) is 27.7 Å². The van der Waals surface area contributed by atoms with Gasteiger partial charge in [-0.25, -0.2) is 19.6 Å². The highest BCUT2D eigenvalue weighted by atomic mass is 33.1. The van der Waals surface area contributed by atoms with Crippen LogP contribution < -0.4 is 36.0 Å². The Bertz CT molecular complexity index is 3420. The van der Waals surface area contributed by atoms with Crippen molar-refractivity contribution in [2.45, 2.75) is 104 Å². The monoisotopic (exact) mass is 1240 g/mol. The van der Waals surface area contributed by atoms with Gasteiger partial charge >= 0.3 is 18.1 Å². The normalized spacial score (nSPS) is 14.9. The van der Waals surface area contributed by atoms with Crippen molar-refractivity contribution in [2.75, 3.05) is 81.0 Å². The van der Waals surface area contributed by atoms with Crippen LogP contribution in [0.15, 0.2) is 77.6 Å². The molecule has 460 valence electrons. The fraction of sp³-hybridized carbons (Fsp3) is 0.443. The van der Waals surface area contributed by atoms with Gasteiger partial charge in [-0.3, -0.25) is 29.4 Å². The lowest BCUT2D eigenvalue weighted by Gasteiger charge is -2.37. The molecule has 86 heavy (non-hydrogen) atoms. The van der Waals surface area contributed by atoms with Crippen molar-refractivity contribution in [3.8, 4) is 17.0 Å². The summed E-state index contributed by atoms with van der Waals surface area (Å²) in [4.78, 5) is 96.1. The second-order valence-electron chi connectivity index (χ2n) is 21.2. The molecule has 2 fully saturated rings. The summed E-state index contributed by atoms with van der Waals surface area (Å²) in [6.45, 7) is 15.8. The maximum Gasteiger partial charge on any atom is 0.515 e. The summed E-state index contributed by atoms with van der Waals surface area (Å²) in [5.74, 6) is -2.95. The van der Waals surface area contributed by atoms with Gasteiger partial charge in [-0.15, -0.1) is 11.3 Å². The van der Waals surface area contributed by atoms with Crippen molar-refractivity contribution in [2.24, 2.45) is 0 Å². The summed E-state index contributed by atoms with van der Waals surface area (Å²) >= 11 is 1.23. The van der Waals surface area contributed by atoms with E-state index in [1.165, 1.54) is 27.7 Å². The van der Waals surface area contributed by atoms with E-state index in [1.54, 1.807) is 38.1 Å².